The van der Waals surface area contributed by atoms with Gasteiger partial charge >= 0.3 is 0 Å². The number of ether oxygens (including phenoxy) is 4. The molecule has 4 aromatic rings. The van der Waals surface area contributed by atoms with Gasteiger partial charge in [0.05, 0.1) is 19.1 Å². The lowest BCUT2D eigenvalue weighted by Crippen LogP contribution is -2.13. The molecule has 0 fully saturated rings. The molecule has 0 saturated carbocycles. The molecule has 1 atom stereocenters. The molecule has 2 aromatic carbocycles. The van der Waals surface area contributed by atoms with E-state index in [0.717, 1.165) is 59.6 Å². The number of aryl methyl sites for hydroxylation is 1. The smallest absolute Gasteiger partial charge is 0.260 e. The van der Waals surface area contributed by atoms with Gasteiger partial charge in [0.2, 0.25) is 0 Å². The second-order valence-electron chi connectivity index (χ2n) is 10.4. The van der Waals surface area contributed by atoms with Gasteiger partial charge in [-0.3, -0.25) is 4.79 Å². The minimum Gasteiger partial charge on any atom is -0.494 e. The summed E-state index contributed by atoms with van der Waals surface area (Å²) < 4.78 is 23.2. The number of H-pyrrole nitrogens is 1. The largest absolute Gasteiger partial charge is 0.494 e. The third kappa shape index (κ3) is 6.61. The number of rotatable bonds is 13. The van der Waals surface area contributed by atoms with Crippen LogP contribution in [0, 0.1) is 5.92 Å². The summed E-state index contributed by atoms with van der Waals surface area (Å²) in [7, 11) is 1.60. The number of benzene rings is 2. The van der Waals surface area contributed by atoms with Crippen LogP contribution in [-0.2, 0) is 12.8 Å². The highest BCUT2D eigenvalue weighted by Crippen LogP contribution is 2.37. The first-order chi connectivity index (χ1) is 19.6. The summed E-state index contributed by atoms with van der Waals surface area (Å²) in [5.41, 5.74) is 1.88. The third-order valence-electron chi connectivity index (χ3n) is 7.30. The van der Waals surface area contributed by atoms with Crippen molar-refractivity contribution in [2.24, 2.45) is 5.92 Å². The van der Waals surface area contributed by atoms with E-state index < -0.39 is 0 Å². The van der Waals surface area contributed by atoms with Crippen molar-refractivity contribution < 1.29 is 18.9 Å². The van der Waals surface area contributed by atoms with Crippen molar-refractivity contribution >= 4 is 21.6 Å². The van der Waals surface area contributed by atoms with Crippen LogP contribution in [0.5, 0.6) is 23.0 Å². The van der Waals surface area contributed by atoms with Gasteiger partial charge in [-0.1, -0.05) is 33.1 Å². The van der Waals surface area contributed by atoms with Gasteiger partial charge in [0, 0.05) is 10.4 Å². The Morgan fingerprint density at radius 3 is 2.45 bits per heavy atom. The van der Waals surface area contributed by atoms with Crippen LogP contribution in [0.15, 0.2) is 47.3 Å². The lowest BCUT2D eigenvalue weighted by Gasteiger charge is -2.17. The van der Waals surface area contributed by atoms with Crippen molar-refractivity contribution in [3.05, 3.63) is 63.3 Å². The Bertz CT molecular complexity index is 1480. The summed E-state index contributed by atoms with van der Waals surface area (Å²) in [6, 6.07) is 13.2. The first kappa shape index (κ1) is 28.0. The first-order valence-corrected chi connectivity index (χ1v) is 15.1. The molecule has 40 heavy (non-hydrogen) atoms. The summed E-state index contributed by atoms with van der Waals surface area (Å²) in [5.74, 6) is 3.97. The molecular weight excluding hydrogens is 524 g/mol. The van der Waals surface area contributed by atoms with E-state index in [0.29, 0.717) is 36.5 Å². The Balaban J connectivity index is 1.17. The molecule has 0 spiro atoms. The fourth-order valence-corrected chi connectivity index (χ4v) is 6.47. The Kier molecular flexibility index (Phi) is 9.26. The highest BCUT2D eigenvalue weighted by molar-refractivity contribution is 7.18. The summed E-state index contributed by atoms with van der Waals surface area (Å²) in [6.45, 7) is 5.95. The lowest BCUT2D eigenvalue weighted by molar-refractivity contribution is 0.211. The third-order valence-corrected chi connectivity index (χ3v) is 8.45. The van der Waals surface area contributed by atoms with Crippen molar-refractivity contribution in [2.45, 2.75) is 58.8 Å². The quantitative estimate of drug-likeness (QED) is 0.174. The average Bonchev–Trinajstić information content (AvgIpc) is 3.34. The molecule has 1 aliphatic rings. The van der Waals surface area contributed by atoms with Crippen molar-refractivity contribution in [3.8, 4) is 34.4 Å². The van der Waals surface area contributed by atoms with Crippen LogP contribution in [-0.4, -0.2) is 36.9 Å². The molecule has 0 bridgehead atoms. The molecule has 212 valence electrons. The Labute approximate surface area is 239 Å². The van der Waals surface area contributed by atoms with E-state index in [9.17, 15) is 4.79 Å². The Morgan fingerprint density at radius 1 is 0.950 bits per heavy atom. The van der Waals surface area contributed by atoms with Crippen molar-refractivity contribution in [1.82, 2.24) is 9.97 Å². The van der Waals surface area contributed by atoms with Crippen LogP contribution < -0.4 is 24.5 Å². The van der Waals surface area contributed by atoms with Gasteiger partial charge < -0.3 is 23.9 Å². The molecule has 1 aliphatic carbocycles. The number of aromatic nitrogens is 2. The minimum atomic E-state index is -0.0740. The second kappa shape index (κ2) is 13.2. The van der Waals surface area contributed by atoms with Gasteiger partial charge in [-0.2, -0.15) is 0 Å². The standard InChI is InChI=1S/C32H38N2O5S/c1-4-5-6-7-16-37-23-10-12-24(13-11-23)38-17-18-39-26-15-9-22(20-27(26)36-3)30-33-31(35)29-25-14-8-21(2)19-28(25)40-32(29)34-30/h9-13,15,20-21H,4-8,14,16-19H2,1-3H3,(H,33,34,35)/t21-/m0/s1. The van der Waals surface area contributed by atoms with Gasteiger partial charge in [-0.25, -0.2) is 4.98 Å². The first-order valence-electron chi connectivity index (χ1n) is 14.3. The van der Waals surface area contributed by atoms with E-state index in [4.69, 9.17) is 23.9 Å². The maximum absolute atomic E-state index is 13.0. The van der Waals surface area contributed by atoms with Gasteiger partial charge in [0.1, 0.15) is 35.4 Å². The molecule has 0 amide bonds. The monoisotopic (exact) mass is 562 g/mol. The number of aromatic amines is 1. The highest BCUT2D eigenvalue weighted by Gasteiger charge is 2.23. The SMILES string of the molecule is CCCCCCOc1ccc(OCCOc2ccc(-c3nc4sc5c(c4c(=O)[nH]3)CC[C@H](C)C5)cc2OC)cc1. The maximum atomic E-state index is 13.0. The molecule has 5 rings (SSSR count). The average molecular weight is 563 g/mol. The highest BCUT2D eigenvalue weighted by atomic mass is 32.1. The van der Waals surface area contributed by atoms with E-state index in [1.165, 1.54) is 29.7 Å². The lowest BCUT2D eigenvalue weighted by atomic mass is 9.89. The van der Waals surface area contributed by atoms with Gasteiger partial charge in [-0.05, 0) is 79.6 Å². The van der Waals surface area contributed by atoms with Crippen molar-refractivity contribution in [3.63, 3.8) is 0 Å². The molecule has 7 nitrogen and oxygen atoms in total. The van der Waals surface area contributed by atoms with Crippen LogP contribution in [0.25, 0.3) is 21.6 Å². The second-order valence-corrected chi connectivity index (χ2v) is 11.5. The molecule has 0 aliphatic heterocycles. The molecule has 0 radical (unpaired) electrons. The van der Waals surface area contributed by atoms with E-state index >= 15 is 0 Å². The van der Waals surface area contributed by atoms with Crippen molar-refractivity contribution in [1.29, 1.82) is 0 Å². The minimum absolute atomic E-state index is 0.0740. The number of nitrogens with one attached hydrogen (secondary N) is 1. The zero-order valence-corrected chi connectivity index (χ0v) is 24.4. The Hall–Kier alpha value is -3.52. The van der Waals surface area contributed by atoms with E-state index in [1.54, 1.807) is 18.4 Å². The fourth-order valence-electron chi connectivity index (χ4n) is 5.08. The van der Waals surface area contributed by atoms with Crippen LogP contribution in [0.3, 0.4) is 0 Å². The number of thiophene rings is 1. The van der Waals surface area contributed by atoms with Crippen LogP contribution >= 0.6 is 11.3 Å². The van der Waals surface area contributed by atoms with Crippen LogP contribution in [0.1, 0.15) is 56.4 Å². The number of hydrogen-bond acceptors (Lipinski definition) is 7. The maximum Gasteiger partial charge on any atom is 0.260 e. The van der Waals surface area contributed by atoms with Crippen molar-refractivity contribution in [2.75, 3.05) is 26.9 Å². The van der Waals surface area contributed by atoms with Crippen LogP contribution in [0.4, 0.5) is 0 Å². The van der Waals surface area contributed by atoms with E-state index in [-0.39, 0.29) is 5.56 Å². The number of hydrogen-bond donors (Lipinski definition) is 1. The molecular formula is C32H38N2O5S. The van der Waals surface area contributed by atoms with Gasteiger partial charge in [0.25, 0.3) is 5.56 Å². The summed E-state index contributed by atoms with van der Waals surface area (Å²) >= 11 is 1.65. The molecule has 8 heteroatoms. The predicted molar refractivity (Wildman–Crippen MR) is 160 cm³/mol. The van der Waals surface area contributed by atoms with Gasteiger partial charge in [0.15, 0.2) is 11.5 Å². The summed E-state index contributed by atoms with van der Waals surface area (Å²) in [4.78, 5) is 23.0. The molecule has 1 N–H and O–H groups in total. The number of unbranched alkanes of at least 4 members (excludes halogenated alkanes) is 3. The molecule has 0 saturated heterocycles. The normalized spacial score (nSPS) is 14.6. The number of nitrogens with zero attached hydrogens (tertiary/aromatic N) is 1. The fraction of sp³-hybridized carbons (Fsp3) is 0.438. The Morgan fingerprint density at radius 2 is 1.70 bits per heavy atom. The number of methoxy groups -OCH3 is 1. The zero-order chi connectivity index (χ0) is 27.9. The summed E-state index contributed by atoms with van der Waals surface area (Å²) in [6.07, 6.45) is 7.83. The molecule has 0 unspecified atom stereocenters. The number of fused-ring (bicyclic) bond motifs is 3. The van der Waals surface area contributed by atoms with E-state index in [2.05, 4.69) is 18.8 Å². The topological polar surface area (TPSA) is 82.7 Å². The predicted octanol–water partition coefficient (Wildman–Crippen LogP) is 7.20. The van der Waals surface area contributed by atoms with E-state index in [1.807, 2.05) is 42.5 Å². The molecule has 2 aromatic heterocycles. The molecule has 2 heterocycles. The van der Waals surface area contributed by atoms with Crippen LogP contribution in [0.2, 0.25) is 0 Å². The summed E-state index contributed by atoms with van der Waals surface area (Å²) in [5, 5.41) is 0.757. The van der Waals surface area contributed by atoms with Gasteiger partial charge in [-0.15, -0.1) is 11.3 Å². The zero-order valence-electron chi connectivity index (χ0n) is 23.6.